The third kappa shape index (κ3) is 3.91. The van der Waals surface area contributed by atoms with Gasteiger partial charge in [0.05, 0.1) is 18.7 Å². The Balaban J connectivity index is 1.91. The third-order valence-corrected chi connectivity index (χ3v) is 5.89. The van der Waals surface area contributed by atoms with Crippen LogP contribution in [0.4, 0.5) is 5.82 Å². The number of carbonyl (C=O) groups is 2. The second-order valence-corrected chi connectivity index (χ2v) is 8.47. The van der Waals surface area contributed by atoms with Gasteiger partial charge in [0.1, 0.15) is 17.3 Å². The van der Waals surface area contributed by atoms with Gasteiger partial charge in [0.2, 0.25) is 0 Å². The second-order valence-electron chi connectivity index (χ2n) is 8.47. The lowest BCUT2D eigenvalue weighted by Crippen LogP contribution is -2.29. The molecule has 4 rings (SSSR count). The van der Waals surface area contributed by atoms with Gasteiger partial charge in [-0.15, -0.1) is 0 Å². The molecule has 1 aliphatic heterocycles. The fourth-order valence-electron chi connectivity index (χ4n) is 4.10. The largest absolute Gasteiger partial charge is 0.507 e. The van der Waals surface area contributed by atoms with Crippen LogP contribution in [0.3, 0.4) is 0 Å². The minimum atomic E-state index is -0.849. The molecule has 1 aromatic heterocycles. The number of ketones is 1. The Bertz CT molecular complexity index is 1250. The fourth-order valence-corrected chi connectivity index (χ4v) is 4.10. The first-order chi connectivity index (χ1) is 15.7. The van der Waals surface area contributed by atoms with Crippen LogP contribution in [0.5, 0.6) is 5.75 Å². The first-order valence-electron chi connectivity index (χ1n) is 10.7. The number of aromatic nitrogens is 1. The molecule has 3 aromatic rings. The molecule has 7 nitrogen and oxygen atoms in total. The predicted octanol–water partition coefficient (Wildman–Crippen LogP) is 5.05. The van der Waals surface area contributed by atoms with E-state index in [2.05, 4.69) is 19.0 Å². The fraction of sp³-hybridized carbons (Fsp3) is 0.269. The van der Waals surface area contributed by atoms with Crippen molar-refractivity contribution in [3.8, 4) is 5.75 Å². The lowest BCUT2D eigenvalue weighted by molar-refractivity contribution is -0.132. The number of aliphatic hydroxyl groups is 1. The molecule has 0 radical (unpaired) electrons. The molecule has 1 N–H and O–H groups in total. The average molecular weight is 447 g/mol. The van der Waals surface area contributed by atoms with Gasteiger partial charge >= 0.3 is 5.91 Å². The highest BCUT2D eigenvalue weighted by Gasteiger charge is 2.48. The van der Waals surface area contributed by atoms with E-state index >= 15 is 0 Å². The molecule has 1 amide bonds. The minimum Gasteiger partial charge on any atom is -0.507 e. The van der Waals surface area contributed by atoms with Crippen LogP contribution in [0.15, 0.2) is 58.6 Å². The number of ether oxygens (including phenoxy) is 1. The van der Waals surface area contributed by atoms with Gasteiger partial charge in [-0.3, -0.25) is 14.5 Å². The summed E-state index contributed by atoms with van der Waals surface area (Å²) in [5.41, 5.74) is 3.03. The van der Waals surface area contributed by atoms with E-state index in [1.165, 1.54) is 4.90 Å². The van der Waals surface area contributed by atoms with Gasteiger partial charge in [-0.2, -0.15) is 0 Å². The van der Waals surface area contributed by atoms with E-state index < -0.39 is 17.7 Å². The summed E-state index contributed by atoms with van der Waals surface area (Å²) in [7, 11) is 1.56. The van der Waals surface area contributed by atoms with E-state index in [9.17, 15) is 14.7 Å². The molecule has 1 aliphatic rings. The lowest BCUT2D eigenvalue weighted by atomic mass is 9.93. The smallest absolute Gasteiger partial charge is 0.301 e. The highest BCUT2D eigenvalue weighted by Crippen LogP contribution is 2.42. The van der Waals surface area contributed by atoms with Gasteiger partial charge in [-0.05, 0) is 54.7 Å². The summed E-state index contributed by atoms with van der Waals surface area (Å²) in [6, 6.07) is 13.5. The third-order valence-electron chi connectivity index (χ3n) is 5.89. The molecular weight excluding hydrogens is 420 g/mol. The molecule has 1 atom stereocenters. The quantitative estimate of drug-likeness (QED) is 0.335. The maximum atomic E-state index is 13.2. The summed E-state index contributed by atoms with van der Waals surface area (Å²) >= 11 is 0. The van der Waals surface area contributed by atoms with Crippen molar-refractivity contribution < 1.29 is 24.0 Å². The van der Waals surface area contributed by atoms with Crippen molar-refractivity contribution in [2.24, 2.45) is 0 Å². The number of rotatable bonds is 5. The molecule has 33 heavy (non-hydrogen) atoms. The number of benzene rings is 2. The first-order valence-corrected chi connectivity index (χ1v) is 10.7. The molecule has 7 heteroatoms. The summed E-state index contributed by atoms with van der Waals surface area (Å²) in [6.07, 6.45) is 0. The molecule has 170 valence electrons. The summed E-state index contributed by atoms with van der Waals surface area (Å²) in [5.74, 6) is -0.0896. The Labute approximate surface area is 192 Å². The minimum absolute atomic E-state index is 0.00233. The summed E-state index contributed by atoms with van der Waals surface area (Å²) < 4.78 is 10.5. The number of aliphatic hydroxyl groups excluding tert-OH is 1. The molecule has 2 heterocycles. The van der Waals surface area contributed by atoms with Crippen LogP contribution in [0.1, 0.15) is 53.8 Å². The van der Waals surface area contributed by atoms with Gasteiger partial charge in [-0.1, -0.05) is 43.3 Å². The van der Waals surface area contributed by atoms with Crippen molar-refractivity contribution in [3.63, 3.8) is 0 Å². The number of aryl methyl sites for hydroxylation is 2. The summed E-state index contributed by atoms with van der Waals surface area (Å²) in [4.78, 5) is 27.6. The van der Waals surface area contributed by atoms with Gasteiger partial charge < -0.3 is 14.4 Å². The van der Waals surface area contributed by atoms with E-state index in [1.54, 1.807) is 38.3 Å². The van der Waals surface area contributed by atoms with E-state index in [-0.39, 0.29) is 17.2 Å². The van der Waals surface area contributed by atoms with E-state index in [1.807, 2.05) is 31.2 Å². The average Bonchev–Trinajstić information content (AvgIpc) is 3.34. The van der Waals surface area contributed by atoms with Gasteiger partial charge in [-0.25, -0.2) is 0 Å². The maximum Gasteiger partial charge on any atom is 0.301 e. The van der Waals surface area contributed by atoms with E-state index in [0.29, 0.717) is 28.6 Å². The van der Waals surface area contributed by atoms with Crippen LogP contribution in [-0.2, 0) is 9.59 Å². The Morgan fingerprint density at radius 1 is 1.09 bits per heavy atom. The summed E-state index contributed by atoms with van der Waals surface area (Å²) in [6.45, 7) is 7.73. The monoisotopic (exact) mass is 446 g/mol. The SMILES string of the molecule is COc1ccc(/C(O)=C2\C(=O)C(=O)N(c3cc(C)on3)[C@H]2c2ccc(C(C)C)cc2)cc1C. The first kappa shape index (κ1) is 22.3. The van der Waals surface area contributed by atoms with Crippen LogP contribution in [0, 0.1) is 13.8 Å². The Morgan fingerprint density at radius 3 is 2.33 bits per heavy atom. The molecule has 0 saturated carbocycles. The zero-order chi connectivity index (χ0) is 23.9. The van der Waals surface area contributed by atoms with Crippen LogP contribution in [0.2, 0.25) is 0 Å². The summed E-state index contributed by atoms with van der Waals surface area (Å²) in [5, 5.41) is 15.2. The number of nitrogens with zero attached hydrogens (tertiary/aromatic N) is 2. The second kappa shape index (κ2) is 8.58. The molecule has 2 aromatic carbocycles. The van der Waals surface area contributed by atoms with Crippen molar-refractivity contribution in [1.82, 2.24) is 5.16 Å². The van der Waals surface area contributed by atoms with Crippen molar-refractivity contribution in [3.05, 3.63) is 82.1 Å². The Morgan fingerprint density at radius 2 is 1.79 bits per heavy atom. The Kier molecular flexibility index (Phi) is 5.80. The van der Waals surface area contributed by atoms with Crippen molar-refractivity contribution in [2.75, 3.05) is 12.0 Å². The van der Waals surface area contributed by atoms with Crippen LogP contribution in [0.25, 0.3) is 5.76 Å². The van der Waals surface area contributed by atoms with Gasteiger partial charge in [0.25, 0.3) is 5.78 Å². The van der Waals surface area contributed by atoms with Gasteiger partial charge in [0.15, 0.2) is 5.82 Å². The molecule has 0 bridgehead atoms. The van der Waals surface area contributed by atoms with Crippen molar-refractivity contribution in [2.45, 2.75) is 39.7 Å². The maximum absolute atomic E-state index is 13.2. The lowest BCUT2D eigenvalue weighted by Gasteiger charge is -2.23. The van der Waals surface area contributed by atoms with Crippen LogP contribution in [-0.4, -0.2) is 29.1 Å². The van der Waals surface area contributed by atoms with Crippen LogP contribution >= 0.6 is 0 Å². The van der Waals surface area contributed by atoms with Crippen molar-refractivity contribution >= 4 is 23.3 Å². The zero-order valence-corrected chi connectivity index (χ0v) is 19.2. The highest BCUT2D eigenvalue weighted by molar-refractivity contribution is 6.51. The normalized spacial score (nSPS) is 17.8. The van der Waals surface area contributed by atoms with E-state index in [4.69, 9.17) is 9.26 Å². The molecule has 0 aliphatic carbocycles. The van der Waals surface area contributed by atoms with Crippen LogP contribution < -0.4 is 9.64 Å². The highest BCUT2D eigenvalue weighted by atomic mass is 16.5. The molecule has 0 unspecified atom stereocenters. The Hall–Kier alpha value is -3.87. The van der Waals surface area contributed by atoms with E-state index in [0.717, 1.165) is 11.1 Å². The topological polar surface area (TPSA) is 92.9 Å². The molecule has 0 spiro atoms. The molecular formula is C26H26N2O5. The number of amides is 1. The predicted molar refractivity (Wildman–Crippen MR) is 124 cm³/mol. The molecule has 1 fully saturated rings. The van der Waals surface area contributed by atoms with Gasteiger partial charge in [0, 0.05) is 11.6 Å². The zero-order valence-electron chi connectivity index (χ0n) is 19.2. The standard InChI is InChI=1S/C26H26N2O5/c1-14(2)17-6-8-18(9-7-17)23-22(24(29)19-10-11-20(32-5)15(3)12-19)25(30)26(31)28(23)21-13-16(4)33-27-21/h6-14,23,29H,1-5H3/b24-22+/t23-/m0/s1. The number of methoxy groups -OCH3 is 1. The number of Topliss-reactive ketones (excluding diaryl/α,β-unsaturated/α-hetero) is 1. The molecule has 1 saturated heterocycles. The number of hydrogen-bond acceptors (Lipinski definition) is 6. The van der Waals surface area contributed by atoms with Crippen molar-refractivity contribution in [1.29, 1.82) is 0 Å². The number of anilines is 1. The number of hydrogen-bond donors (Lipinski definition) is 1. The number of carbonyl (C=O) groups excluding carboxylic acids is 2.